The molecule has 2 rings (SSSR count). The fourth-order valence-electron chi connectivity index (χ4n) is 1.84. The minimum atomic E-state index is -0.0348. The molecular weight excluding hydrogens is 226 g/mol. The van der Waals surface area contributed by atoms with Crippen LogP contribution in [0.3, 0.4) is 0 Å². The highest BCUT2D eigenvalue weighted by Crippen LogP contribution is 2.18. The molecule has 1 N–H and O–H groups in total. The lowest BCUT2D eigenvalue weighted by atomic mass is 10.1. The number of amides is 1. The lowest BCUT2D eigenvalue weighted by molar-refractivity contribution is -0.121. The Bertz CT molecular complexity index is 598. The lowest BCUT2D eigenvalue weighted by Gasteiger charge is -2.06. The van der Waals surface area contributed by atoms with Crippen molar-refractivity contribution >= 4 is 16.9 Å². The second kappa shape index (κ2) is 5.04. The Balaban J connectivity index is 2.26. The SMILES string of the molecule is C=CCNC(=O)Cn1cnc2cc(C)c(C)cc21. The van der Waals surface area contributed by atoms with E-state index < -0.39 is 0 Å². The van der Waals surface area contributed by atoms with E-state index in [9.17, 15) is 4.79 Å². The van der Waals surface area contributed by atoms with Crippen molar-refractivity contribution in [2.75, 3.05) is 6.54 Å². The van der Waals surface area contributed by atoms with E-state index in [2.05, 4.69) is 36.8 Å². The summed E-state index contributed by atoms with van der Waals surface area (Å²) in [6.45, 7) is 8.46. The molecule has 0 unspecified atom stereocenters. The smallest absolute Gasteiger partial charge is 0.240 e. The van der Waals surface area contributed by atoms with Gasteiger partial charge in [0, 0.05) is 6.54 Å². The highest BCUT2D eigenvalue weighted by atomic mass is 16.1. The van der Waals surface area contributed by atoms with Crippen LogP contribution >= 0.6 is 0 Å². The number of hydrogen-bond acceptors (Lipinski definition) is 2. The van der Waals surface area contributed by atoms with Gasteiger partial charge in [0.2, 0.25) is 5.91 Å². The maximum atomic E-state index is 11.7. The zero-order chi connectivity index (χ0) is 13.1. The molecule has 0 aliphatic carbocycles. The van der Waals surface area contributed by atoms with Gasteiger partial charge in [0.25, 0.3) is 0 Å². The van der Waals surface area contributed by atoms with E-state index >= 15 is 0 Å². The summed E-state index contributed by atoms with van der Waals surface area (Å²) in [5, 5.41) is 2.76. The van der Waals surface area contributed by atoms with Gasteiger partial charge in [-0.1, -0.05) is 6.08 Å². The number of aromatic nitrogens is 2. The van der Waals surface area contributed by atoms with E-state index in [1.165, 1.54) is 11.1 Å². The number of aryl methyl sites for hydroxylation is 2. The summed E-state index contributed by atoms with van der Waals surface area (Å²) >= 11 is 0. The predicted molar refractivity (Wildman–Crippen MR) is 72.4 cm³/mol. The molecule has 1 aromatic carbocycles. The summed E-state index contributed by atoms with van der Waals surface area (Å²) in [7, 11) is 0. The highest BCUT2D eigenvalue weighted by molar-refractivity contribution is 5.81. The average molecular weight is 243 g/mol. The summed E-state index contributed by atoms with van der Waals surface area (Å²) in [6.07, 6.45) is 3.37. The van der Waals surface area contributed by atoms with Crippen LogP contribution in [0.5, 0.6) is 0 Å². The molecule has 4 heteroatoms. The Hall–Kier alpha value is -2.10. The van der Waals surface area contributed by atoms with E-state index in [-0.39, 0.29) is 12.5 Å². The van der Waals surface area contributed by atoms with Crippen LogP contribution in [0.1, 0.15) is 11.1 Å². The van der Waals surface area contributed by atoms with Gasteiger partial charge in [0.05, 0.1) is 17.4 Å². The first-order valence-electron chi connectivity index (χ1n) is 5.91. The maximum absolute atomic E-state index is 11.7. The molecule has 0 aliphatic rings. The first-order chi connectivity index (χ1) is 8.61. The van der Waals surface area contributed by atoms with E-state index in [0.29, 0.717) is 6.54 Å². The fraction of sp³-hybridized carbons (Fsp3) is 0.286. The Morgan fingerprint density at radius 2 is 2.17 bits per heavy atom. The molecule has 4 nitrogen and oxygen atoms in total. The number of nitrogens with zero attached hydrogens (tertiary/aromatic N) is 2. The van der Waals surface area contributed by atoms with Crippen LogP contribution in [0.4, 0.5) is 0 Å². The lowest BCUT2D eigenvalue weighted by Crippen LogP contribution is -2.27. The van der Waals surface area contributed by atoms with Crippen LogP contribution in [0, 0.1) is 13.8 Å². The third kappa shape index (κ3) is 2.42. The van der Waals surface area contributed by atoms with E-state index in [1.54, 1.807) is 12.4 Å². The van der Waals surface area contributed by atoms with Gasteiger partial charge in [-0.2, -0.15) is 0 Å². The van der Waals surface area contributed by atoms with Gasteiger partial charge >= 0.3 is 0 Å². The van der Waals surface area contributed by atoms with Crippen molar-refractivity contribution in [3.8, 4) is 0 Å². The van der Waals surface area contributed by atoms with Gasteiger partial charge in [-0.15, -0.1) is 6.58 Å². The van der Waals surface area contributed by atoms with Crippen molar-refractivity contribution in [2.45, 2.75) is 20.4 Å². The molecule has 2 aromatic rings. The molecule has 0 radical (unpaired) electrons. The molecule has 0 saturated carbocycles. The Morgan fingerprint density at radius 3 is 2.89 bits per heavy atom. The summed E-state index contributed by atoms with van der Waals surface area (Å²) in [5.74, 6) is -0.0348. The standard InChI is InChI=1S/C14H17N3O/c1-4-5-15-14(18)8-17-9-16-12-6-10(2)11(3)7-13(12)17/h4,6-7,9H,1,5,8H2,2-3H3,(H,15,18). The van der Waals surface area contributed by atoms with Gasteiger partial charge in [-0.05, 0) is 37.1 Å². The number of hydrogen-bond donors (Lipinski definition) is 1. The number of carbonyl (C=O) groups is 1. The van der Waals surface area contributed by atoms with Gasteiger partial charge in [0.15, 0.2) is 0 Å². The monoisotopic (exact) mass is 243 g/mol. The van der Waals surface area contributed by atoms with Crippen molar-refractivity contribution in [1.29, 1.82) is 0 Å². The first-order valence-corrected chi connectivity index (χ1v) is 5.91. The number of benzene rings is 1. The predicted octanol–water partition coefficient (Wildman–Crippen LogP) is 1.96. The molecule has 1 amide bonds. The number of nitrogens with one attached hydrogen (secondary N) is 1. The topological polar surface area (TPSA) is 46.9 Å². The zero-order valence-electron chi connectivity index (χ0n) is 10.7. The third-order valence-electron chi connectivity index (χ3n) is 2.99. The Kier molecular flexibility index (Phi) is 3.46. The number of imidazole rings is 1. The fourth-order valence-corrected chi connectivity index (χ4v) is 1.84. The van der Waals surface area contributed by atoms with E-state index in [4.69, 9.17) is 0 Å². The van der Waals surface area contributed by atoms with Gasteiger partial charge in [-0.3, -0.25) is 4.79 Å². The molecule has 0 saturated heterocycles. The second-order valence-corrected chi connectivity index (χ2v) is 4.39. The van der Waals surface area contributed by atoms with E-state index in [1.807, 2.05) is 10.6 Å². The number of rotatable bonds is 4. The largest absolute Gasteiger partial charge is 0.351 e. The molecule has 0 bridgehead atoms. The van der Waals surface area contributed by atoms with Crippen LogP contribution in [0.25, 0.3) is 11.0 Å². The molecule has 1 aromatic heterocycles. The van der Waals surface area contributed by atoms with Crippen LogP contribution < -0.4 is 5.32 Å². The minimum Gasteiger partial charge on any atom is -0.351 e. The Labute approximate surface area is 106 Å². The maximum Gasteiger partial charge on any atom is 0.240 e. The van der Waals surface area contributed by atoms with Crippen molar-refractivity contribution < 1.29 is 4.79 Å². The number of fused-ring (bicyclic) bond motifs is 1. The summed E-state index contributed by atoms with van der Waals surface area (Å²) in [4.78, 5) is 16.0. The highest BCUT2D eigenvalue weighted by Gasteiger charge is 2.07. The second-order valence-electron chi connectivity index (χ2n) is 4.39. The van der Waals surface area contributed by atoms with Crippen molar-refractivity contribution in [1.82, 2.24) is 14.9 Å². The number of carbonyl (C=O) groups excluding carboxylic acids is 1. The van der Waals surface area contributed by atoms with Gasteiger partial charge < -0.3 is 9.88 Å². The molecular formula is C14H17N3O. The summed E-state index contributed by atoms with van der Waals surface area (Å²) < 4.78 is 1.86. The molecule has 0 aliphatic heterocycles. The average Bonchev–Trinajstić information content (AvgIpc) is 2.70. The third-order valence-corrected chi connectivity index (χ3v) is 2.99. The van der Waals surface area contributed by atoms with Crippen molar-refractivity contribution in [3.63, 3.8) is 0 Å². The zero-order valence-corrected chi connectivity index (χ0v) is 10.7. The van der Waals surface area contributed by atoms with Crippen molar-refractivity contribution in [2.24, 2.45) is 0 Å². The minimum absolute atomic E-state index is 0.0348. The quantitative estimate of drug-likeness (QED) is 0.834. The first kappa shape index (κ1) is 12.4. The molecule has 1 heterocycles. The van der Waals surface area contributed by atoms with Gasteiger partial charge in [0.1, 0.15) is 6.54 Å². The van der Waals surface area contributed by atoms with Crippen LogP contribution in [-0.2, 0) is 11.3 Å². The molecule has 0 atom stereocenters. The molecule has 94 valence electrons. The van der Waals surface area contributed by atoms with Crippen LogP contribution in [0.2, 0.25) is 0 Å². The van der Waals surface area contributed by atoms with E-state index in [0.717, 1.165) is 11.0 Å². The summed E-state index contributed by atoms with van der Waals surface area (Å²) in [5.41, 5.74) is 4.33. The van der Waals surface area contributed by atoms with Crippen LogP contribution in [0.15, 0.2) is 31.1 Å². The van der Waals surface area contributed by atoms with Gasteiger partial charge in [-0.25, -0.2) is 4.98 Å². The molecule has 0 spiro atoms. The van der Waals surface area contributed by atoms with Crippen molar-refractivity contribution in [3.05, 3.63) is 42.2 Å². The Morgan fingerprint density at radius 1 is 1.44 bits per heavy atom. The molecule has 18 heavy (non-hydrogen) atoms. The summed E-state index contributed by atoms with van der Waals surface area (Å²) in [6, 6.07) is 4.11. The normalized spacial score (nSPS) is 10.6. The van der Waals surface area contributed by atoms with Crippen LogP contribution in [-0.4, -0.2) is 22.0 Å². The molecule has 0 fully saturated rings.